The molecule has 5 atom stereocenters. The Hall–Kier alpha value is -1.48. The van der Waals surface area contributed by atoms with Crippen LogP contribution >= 0.6 is 0 Å². The van der Waals surface area contributed by atoms with Gasteiger partial charge in [-0.1, -0.05) is 43.7 Å². The lowest BCUT2D eigenvalue weighted by atomic mass is 9.94. The van der Waals surface area contributed by atoms with E-state index in [2.05, 4.69) is 59.2 Å². The van der Waals surface area contributed by atoms with Gasteiger partial charge in [0.2, 0.25) is 8.32 Å². The maximum atomic E-state index is 6.85. The molecule has 0 aromatic heterocycles. The van der Waals surface area contributed by atoms with Gasteiger partial charge in [-0.25, -0.2) is 0 Å². The van der Waals surface area contributed by atoms with Gasteiger partial charge in [0.05, 0.1) is 50.8 Å². The van der Waals surface area contributed by atoms with Crippen molar-refractivity contribution in [3.8, 4) is 5.75 Å². The SMILES string of the molecule is C=C[C@@H](C)[C@H](CC1(C)OCCO1)O[Si](C)(C)C(=C)CC[C@@H]1O[C@](C)(CCC)C[C@H]1OCc1ccc(OC)cc1. The zero-order valence-electron chi connectivity index (χ0n) is 25.4. The first kappa shape index (κ1) is 32.0. The van der Waals surface area contributed by atoms with Crippen LogP contribution in [0.1, 0.15) is 71.8 Å². The number of methoxy groups -OCH3 is 1. The van der Waals surface area contributed by atoms with Crippen LogP contribution in [0.2, 0.25) is 13.1 Å². The molecule has 7 heteroatoms. The Balaban J connectivity index is 1.62. The van der Waals surface area contributed by atoms with Crippen molar-refractivity contribution in [3.05, 3.63) is 54.3 Å². The van der Waals surface area contributed by atoms with Crippen molar-refractivity contribution >= 4 is 8.32 Å². The fourth-order valence-corrected chi connectivity index (χ4v) is 7.65. The Kier molecular flexibility index (Phi) is 11.4. The van der Waals surface area contributed by atoms with Gasteiger partial charge in [0.25, 0.3) is 0 Å². The van der Waals surface area contributed by atoms with Crippen LogP contribution in [0.3, 0.4) is 0 Å². The minimum Gasteiger partial charge on any atom is -0.497 e. The van der Waals surface area contributed by atoms with Crippen molar-refractivity contribution in [3.63, 3.8) is 0 Å². The summed E-state index contributed by atoms with van der Waals surface area (Å²) < 4.78 is 37.1. The summed E-state index contributed by atoms with van der Waals surface area (Å²) in [5.41, 5.74) is 0.979. The van der Waals surface area contributed by atoms with Gasteiger partial charge in [-0.2, -0.15) is 0 Å². The minimum atomic E-state index is -2.24. The Bertz CT molecular complexity index is 925. The van der Waals surface area contributed by atoms with Crippen LogP contribution in [0.25, 0.3) is 0 Å². The average molecular weight is 561 g/mol. The Labute approximate surface area is 238 Å². The van der Waals surface area contributed by atoms with Crippen molar-refractivity contribution < 1.29 is 28.1 Å². The third-order valence-electron chi connectivity index (χ3n) is 8.34. The molecule has 0 radical (unpaired) electrons. The normalized spacial score (nSPS) is 26.3. The highest BCUT2D eigenvalue weighted by Crippen LogP contribution is 2.39. The molecule has 0 amide bonds. The maximum absolute atomic E-state index is 6.85. The van der Waals surface area contributed by atoms with Gasteiger partial charge >= 0.3 is 0 Å². The molecule has 2 heterocycles. The zero-order valence-corrected chi connectivity index (χ0v) is 26.4. The lowest BCUT2D eigenvalue weighted by Crippen LogP contribution is -2.44. The third-order valence-corrected chi connectivity index (χ3v) is 11.2. The molecule has 0 spiro atoms. The first-order valence-electron chi connectivity index (χ1n) is 14.6. The smallest absolute Gasteiger partial charge is 0.214 e. The largest absolute Gasteiger partial charge is 0.497 e. The van der Waals surface area contributed by atoms with Crippen molar-refractivity contribution in [2.75, 3.05) is 20.3 Å². The quantitative estimate of drug-likeness (QED) is 0.155. The van der Waals surface area contributed by atoms with E-state index in [9.17, 15) is 0 Å². The van der Waals surface area contributed by atoms with E-state index in [-0.39, 0.29) is 29.8 Å². The molecule has 220 valence electrons. The van der Waals surface area contributed by atoms with Gasteiger partial charge in [-0.05, 0) is 69.8 Å². The first-order chi connectivity index (χ1) is 18.4. The molecule has 39 heavy (non-hydrogen) atoms. The van der Waals surface area contributed by atoms with E-state index >= 15 is 0 Å². The van der Waals surface area contributed by atoms with Crippen molar-refractivity contribution in [2.45, 2.75) is 116 Å². The van der Waals surface area contributed by atoms with Crippen LogP contribution in [-0.4, -0.2) is 58.3 Å². The highest BCUT2D eigenvalue weighted by atomic mass is 28.4. The predicted molar refractivity (Wildman–Crippen MR) is 159 cm³/mol. The summed E-state index contributed by atoms with van der Waals surface area (Å²) >= 11 is 0. The van der Waals surface area contributed by atoms with E-state index in [1.807, 2.05) is 25.1 Å². The standard InChI is InChI=1S/C32H52O6Si/c1-10-18-31(5)21-30(34-23-26-13-15-27(33-7)16-14-26)28(37-31)17-12-25(4)39(8,9)38-29(24(3)11-2)22-32(6)35-19-20-36-32/h11,13-16,24,28-30H,2,4,10,12,17-23H2,1,3,5-9H3/t24-,28+,29+,30-,31-/m1/s1. The molecule has 0 saturated carbocycles. The van der Waals surface area contributed by atoms with Crippen LogP contribution < -0.4 is 4.74 Å². The molecule has 0 N–H and O–H groups in total. The maximum Gasteiger partial charge on any atom is 0.214 e. The van der Waals surface area contributed by atoms with Gasteiger partial charge in [-0.15, -0.1) is 13.2 Å². The summed E-state index contributed by atoms with van der Waals surface area (Å²) in [6, 6.07) is 8.08. The number of benzene rings is 1. The predicted octanol–water partition coefficient (Wildman–Crippen LogP) is 7.37. The molecule has 3 rings (SSSR count). The lowest BCUT2D eigenvalue weighted by Gasteiger charge is -2.37. The molecular weight excluding hydrogens is 508 g/mol. The molecule has 1 aromatic carbocycles. The van der Waals surface area contributed by atoms with Crippen molar-refractivity contribution in [1.82, 2.24) is 0 Å². The highest BCUT2D eigenvalue weighted by molar-refractivity contribution is 6.78. The second-order valence-corrected chi connectivity index (χ2v) is 16.2. The van der Waals surface area contributed by atoms with E-state index in [1.165, 1.54) is 5.20 Å². The van der Waals surface area contributed by atoms with Gasteiger partial charge in [0.1, 0.15) is 5.75 Å². The van der Waals surface area contributed by atoms with Crippen LogP contribution in [0.4, 0.5) is 0 Å². The number of hydrogen-bond donors (Lipinski definition) is 0. The van der Waals surface area contributed by atoms with Crippen LogP contribution in [0.5, 0.6) is 5.75 Å². The summed E-state index contributed by atoms with van der Waals surface area (Å²) in [6.07, 6.45) is 7.42. The van der Waals surface area contributed by atoms with Gasteiger partial charge < -0.3 is 28.1 Å². The molecular formula is C32H52O6Si. The molecule has 0 unspecified atom stereocenters. The second kappa shape index (κ2) is 13.9. The first-order valence-corrected chi connectivity index (χ1v) is 17.5. The lowest BCUT2D eigenvalue weighted by molar-refractivity contribution is -0.163. The van der Waals surface area contributed by atoms with Gasteiger partial charge in [0, 0.05) is 12.8 Å². The van der Waals surface area contributed by atoms with E-state index < -0.39 is 14.1 Å². The number of ether oxygens (including phenoxy) is 5. The topological polar surface area (TPSA) is 55.4 Å². The molecule has 0 bridgehead atoms. The fraction of sp³-hybridized carbons (Fsp3) is 0.688. The molecule has 6 nitrogen and oxygen atoms in total. The van der Waals surface area contributed by atoms with Crippen LogP contribution in [0, 0.1) is 5.92 Å². The third kappa shape index (κ3) is 9.00. The van der Waals surface area contributed by atoms with E-state index in [1.54, 1.807) is 7.11 Å². The zero-order chi connectivity index (χ0) is 28.7. The summed E-state index contributed by atoms with van der Waals surface area (Å²) in [4.78, 5) is 0. The van der Waals surface area contributed by atoms with Crippen molar-refractivity contribution in [1.29, 1.82) is 0 Å². The summed E-state index contributed by atoms with van der Waals surface area (Å²) in [5, 5.41) is 1.18. The molecule has 0 aliphatic carbocycles. The monoisotopic (exact) mass is 560 g/mol. The van der Waals surface area contributed by atoms with E-state index in [0.29, 0.717) is 26.2 Å². The molecule has 2 aliphatic rings. The van der Waals surface area contributed by atoms with Gasteiger partial charge in [0.15, 0.2) is 5.79 Å². The van der Waals surface area contributed by atoms with E-state index in [4.69, 9.17) is 28.1 Å². The Morgan fingerprint density at radius 1 is 1.18 bits per heavy atom. The fourth-order valence-electron chi connectivity index (χ4n) is 5.68. The molecule has 1 aromatic rings. The average Bonchev–Trinajstić information content (AvgIpc) is 3.47. The molecule has 2 saturated heterocycles. The summed E-state index contributed by atoms with van der Waals surface area (Å²) in [6.45, 7) is 23.4. The minimum absolute atomic E-state index is 0.0310. The van der Waals surface area contributed by atoms with Crippen LogP contribution in [-0.2, 0) is 30.0 Å². The number of rotatable bonds is 16. The van der Waals surface area contributed by atoms with Crippen LogP contribution in [0.15, 0.2) is 48.7 Å². The van der Waals surface area contributed by atoms with E-state index in [0.717, 1.165) is 43.4 Å². The van der Waals surface area contributed by atoms with Gasteiger partial charge in [-0.3, -0.25) is 0 Å². The second-order valence-electron chi connectivity index (χ2n) is 12.2. The highest BCUT2D eigenvalue weighted by Gasteiger charge is 2.44. The summed E-state index contributed by atoms with van der Waals surface area (Å²) in [5.74, 6) is 0.424. The van der Waals surface area contributed by atoms with Crippen molar-refractivity contribution in [2.24, 2.45) is 5.92 Å². The molecule has 2 fully saturated rings. The Morgan fingerprint density at radius 2 is 1.85 bits per heavy atom. The Morgan fingerprint density at radius 3 is 2.44 bits per heavy atom. The number of hydrogen-bond acceptors (Lipinski definition) is 6. The molecule has 2 aliphatic heterocycles. The number of allylic oxidation sites excluding steroid dienone is 1. The summed E-state index contributed by atoms with van der Waals surface area (Å²) in [7, 11) is -0.557.